The molecule has 3 atom stereocenters. The highest BCUT2D eigenvalue weighted by Gasteiger charge is 2.35. The summed E-state index contributed by atoms with van der Waals surface area (Å²) in [6.45, 7) is 6.01. The minimum Gasteiger partial charge on any atom is -0.463 e. The fourth-order valence-electron chi connectivity index (χ4n) is 2.39. The van der Waals surface area contributed by atoms with Crippen molar-refractivity contribution in [2.75, 3.05) is 6.61 Å². The van der Waals surface area contributed by atoms with E-state index in [9.17, 15) is 14.7 Å². The van der Waals surface area contributed by atoms with Gasteiger partial charge in [-0.15, -0.1) is 0 Å². The van der Waals surface area contributed by atoms with Gasteiger partial charge in [-0.3, -0.25) is 4.79 Å². The molecule has 0 unspecified atom stereocenters. The van der Waals surface area contributed by atoms with E-state index in [1.165, 1.54) is 0 Å². The van der Waals surface area contributed by atoms with Gasteiger partial charge < -0.3 is 19.9 Å². The van der Waals surface area contributed by atoms with E-state index in [1.807, 2.05) is 13.8 Å². The van der Waals surface area contributed by atoms with Crippen LogP contribution in [0.1, 0.15) is 40.0 Å². The van der Waals surface area contributed by atoms with Gasteiger partial charge in [-0.05, 0) is 25.8 Å². The van der Waals surface area contributed by atoms with Gasteiger partial charge in [0, 0.05) is 12.0 Å². The number of rotatable bonds is 8. The lowest BCUT2D eigenvalue weighted by atomic mass is 9.90. The molecule has 120 valence electrons. The van der Waals surface area contributed by atoms with Crippen LogP contribution in [0.5, 0.6) is 0 Å². The molecule has 0 fully saturated rings. The molecule has 0 aromatic heterocycles. The lowest BCUT2D eigenvalue weighted by Gasteiger charge is -2.34. The lowest BCUT2D eigenvalue weighted by molar-refractivity contribution is -0.140. The van der Waals surface area contributed by atoms with Crippen molar-refractivity contribution in [3.8, 4) is 0 Å². The van der Waals surface area contributed by atoms with Crippen molar-refractivity contribution in [2.24, 2.45) is 0 Å². The molecule has 21 heavy (non-hydrogen) atoms. The summed E-state index contributed by atoms with van der Waals surface area (Å²) in [5.74, 6) is -0.430. The second-order valence-electron chi connectivity index (χ2n) is 5.04. The molecule has 1 aliphatic carbocycles. The summed E-state index contributed by atoms with van der Waals surface area (Å²) in [7, 11) is 0. The molecule has 6 nitrogen and oxygen atoms in total. The first-order chi connectivity index (χ1) is 10.1. The zero-order valence-electron chi connectivity index (χ0n) is 12.9. The van der Waals surface area contributed by atoms with Gasteiger partial charge in [0.1, 0.15) is 12.2 Å². The minimum absolute atomic E-state index is 0.000623. The molecule has 1 amide bonds. The summed E-state index contributed by atoms with van der Waals surface area (Å²) in [5, 5.41) is 12.8. The number of aliphatic hydroxyl groups is 1. The van der Waals surface area contributed by atoms with Crippen molar-refractivity contribution in [3.63, 3.8) is 0 Å². The summed E-state index contributed by atoms with van der Waals surface area (Å²) >= 11 is 0. The highest BCUT2D eigenvalue weighted by molar-refractivity contribution is 5.89. The van der Waals surface area contributed by atoms with Crippen LogP contribution in [0, 0.1) is 0 Å². The molecule has 0 spiro atoms. The van der Waals surface area contributed by atoms with E-state index < -0.39 is 24.2 Å². The van der Waals surface area contributed by atoms with E-state index in [1.54, 1.807) is 13.0 Å². The largest absolute Gasteiger partial charge is 0.463 e. The Hall–Kier alpha value is -1.40. The highest BCUT2D eigenvalue weighted by atomic mass is 16.5. The maximum Gasteiger partial charge on any atom is 0.333 e. The third-order valence-corrected chi connectivity index (χ3v) is 3.63. The van der Waals surface area contributed by atoms with Gasteiger partial charge in [-0.25, -0.2) is 4.79 Å². The number of amides is 1. The van der Waals surface area contributed by atoms with Crippen LogP contribution in [-0.4, -0.2) is 48.4 Å². The van der Waals surface area contributed by atoms with E-state index in [0.717, 1.165) is 12.8 Å². The topological polar surface area (TPSA) is 84.9 Å². The van der Waals surface area contributed by atoms with Crippen molar-refractivity contribution >= 4 is 12.4 Å². The average molecular weight is 299 g/mol. The summed E-state index contributed by atoms with van der Waals surface area (Å²) in [5.41, 5.74) is 0.428. The van der Waals surface area contributed by atoms with Gasteiger partial charge in [-0.1, -0.05) is 13.8 Å². The van der Waals surface area contributed by atoms with Crippen LogP contribution in [0.3, 0.4) is 0 Å². The molecule has 0 aromatic rings. The molecule has 6 heteroatoms. The number of esters is 1. The molecule has 0 aromatic carbocycles. The van der Waals surface area contributed by atoms with Crippen LogP contribution in [0.4, 0.5) is 0 Å². The fraction of sp³-hybridized carbons (Fsp3) is 0.733. The van der Waals surface area contributed by atoms with Crippen LogP contribution in [-0.2, 0) is 19.1 Å². The monoisotopic (exact) mass is 299 g/mol. The van der Waals surface area contributed by atoms with Crippen molar-refractivity contribution in [1.82, 2.24) is 5.32 Å². The zero-order valence-corrected chi connectivity index (χ0v) is 12.9. The predicted molar refractivity (Wildman–Crippen MR) is 77.6 cm³/mol. The lowest BCUT2D eigenvalue weighted by Crippen LogP contribution is -2.50. The Labute approximate surface area is 125 Å². The molecular weight excluding hydrogens is 274 g/mol. The normalized spacial score (nSPS) is 25.4. The van der Waals surface area contributed by atoms with E-state index in [2.05, 4.69) is 5.32 Å². The third kappa shape index (κ3) is 4.82. The Morgan fingerprint density at radius 3 is 2.67 bits per heavy atom. The number of carbonyl (C=O) groups excluding carboxylic acids is 2. The molecule has 0 saturated carbocycles. The number of aliphatic hydroxyl groups excluding tert-OH is 1. The van der Waals surface area contributed by atoms with Gasteiger partial charge in [0.25, 0.3) is 0 Å². The van der Waals surface area contributed by atoms with Crippen molar-refractivity contribution in [1.29, 1.82) is 0 Å². The molecule has 0 heterocycles. The Bertz CT molecular complexity index is 378. The number of ether oxygens (including phenoxy) is 2. The maximum atomic E-state index is 11.9. The number of hydrogen-bond donors (Lipinski definition) is 2. The van der Waals surface area contributed by atoms with Gasteiger partial charge >= 0.3 is 5.97 Å². The number of hydrogen-bond acceptors (Lipinski definition) is 5. The van der Waals surface area contributed by atoms with E-state index in [0.29, 0.717) is 12.0 Å². The van der Waals surface area contributed by atoms with Crippen molar-refractivity contribution < 1.29 is 24.2 Å². The Morgan fingerprint density at radius 2 is 2.14 bits per heavy atom. The van der Waals surface area contributed by atoms with Gasteiger partial charge in [0.2, 0.25) is 6.41 Å². The van der Waals surface area contributed by atoms with Gasteiger partial charge in [0.15, 0.2) is 0 Å². The quantitative estimate of drug-likeness (QED) is 0.514. The summed E-state index contributed by atoms with van der Waals surface area (Å²) in [4.78, 5) is 22.5. The smallest absolute Gasteiger partial charge is 0.333 e. The molecule has 0 aliphatic heterocycles. The molecule has 1 rings (SSSR count). The Kier molecular flexibility index (Phi) is 7.39. The van der Waals surface area contributed by atoms with Crippen LogP contribution in [0.2, 0.25) is 0 Å². The second-order valence-corrected chi connectivity index (χ2v) is 5.04. The fourth-order valence-corrected chi connectivity index (χ4v) is 2.39. The molecule has 1 aliphatic rings. The maximum absolute atomic E-state index is 11.9. The summed E-state index contributed by atoms with van der Waals surface area (Å²) < 4.78 is 10.8. The Morgan fingerprint density at radius 1 is 1.48 bits per heavy atom. The molecule has 0 radical (unpaired) electrons. The van der Waals surface area contributed by atoms with Crippen molar-refractivity contribution in [2.45, 2.75) is 64.4 Å². The van der Waals surface area contributed by atoms with Gasteiger partial charge in [-0.2, -0.15) is 0 Å². The molecular formula is C15H25NO5. The van der Waals surface area contributed by atoms with Crippen LogP contribution in [0.15, 0.2) is 11.6 Å². The Balaban J connectivity index is 2.91. The number of carbonyl (C=O) groups is 2. The predicted octanol–water partition coefficient (Wildman–Crippen LogP) is 0.929. The van der Waals surface area contributed by atoms with Crippen LogP contribution >= 0.6 is 0 Å². The van der Waals surface area contributed by atoms with Crippen LogP contribution < -0.4 is 5.32 Å². The number of nitrogens with one attached hydrogen (secondary N) is 1. The minimum atomic E-state index is -0.881. The first-order valence-corrected chi connectivity index (χ1v) is 7.48. The van der Waals surface area contributed by atoms with E-state index in [-0.39, 0.29) is 19.1 Å². The van der Waals surface area contributed by atoms with Crippen LogP contribution in [0.25, 0.3) is 0 Å². The van der Waals surface area contributed by atoms with Gasteiger partial charge in [0.05, 0.1) is 18.8 Å². The standard InChI is InChI=1S/C15H25NO5/c1-4-11(5-2)21-13-8-10(15(19)20-6-3)7-12(14(13)18)16-9-17/h8-9,11-14,18H,4-7H2,1-3H3,(H,16,17)/t12-,13-,14-/m1/s1. The zero-order chi connectivity index (χ0) is 15.8. The highest BCUT2D eigenvalue weighted by Crippen LogP contribution is 2.24. The van der Waals surface area contributed by atoms with Crippen molar-refractivity contribution in [3.05, 3.63) is 11.6 Å². The molecule has 0 saturated heterocycles. The summed E-state index contributed by atoms with van der Waals surface area (Å²) in [6.07, 6.45) is 2.50. The molecule has 2 N–H and O–H groups in total. The first-order valence-electron chi connectivity index (χ1n) is 7.48. The SMILES string of the molecule is CCOC(=O)C1=C[C@@H](OC(CC)CC)[C@H](O)[C@H](NC=O)C1. The average Bonchev–Trinajstić information content (AvgIpc) is 2.48. The molecule has 0 bridgehead atoms. The second kappa shape index (κ2) is 8.79. The summed E-state index contributed by atoms with van der Waals surface area (Å²) in [6, 6.07) is -0.550. The first kappa shape index (κ1) is 17.7. The third-order valence-electron chi connectivity index (χ3n) is 3.63. The van der Waals surface area contributed by atoms with E-state index >= 15 is 0 Å². The van der Waals surface area contributed by atoms with E-state index in [4.69, 9.17) is 9.47 Å².